The molecule has 1 aliphatic heterocycles. The number of carboxylic acid groups (broad SMARTS) is 1. The van der Waals surface area contributed by atoms with E-state index in [1.54, 1.807) is 11.8 Å². The van der Waals surface area contributed by atoms with Crippen LogP contribution in [0.25, 0.3) is 0 Å². The smallest absolute Gasteiger partial charge is 0.326 e. The van der Waals surface area contributed by atoms with E-state index in [2.05, 4.69) is 10.6 Å². The van der Waals surface area contributed by atoms with E-state index in [1.165, 1.54) is 0 Å². The molecule has 1 heterocycles. The van der Waals surface area contributed by atoms with Gasteiger partial charge in [-0.1, -0.05) is 13.8 Å². The molecule has 0 aromatic rings. The van der Waals surface area contributed by atoms with Crippen LogP contribution < -0.4 is 10.6 Å². The lowest BCUT2D eigenvalue weighted by Crippen LogP contribution is -2.51. The number of carbonyl (C=O) groups excluding carboxylic acids is 1. The number of hydrogen-bond acceptors (Lipinski definition) is 4. The molecule has 0 aromatic heterocycles. The van der Waals surface area contributed by atoms with Crippen molar-refractivity contribution in [3.8, 4) is 0 Å². The van der Waals surface area contributed by atoms with Crippen LogP contribution in [0.4, 0.5) is 0 Å². The maximum atomic E-state index is 12.5. The lowest BCUT2D eigenvalue weighted by molar-refractivity contribution is -0.144. The third-order valence-corrected chi connectivity index (χ3v) is 4.60. The van der Waals surface area contributed by atoms with Gasteiger partial charge in [0.25, 0.3) is 0 Å². The number of carboxylic acids is 1. The van der Waals surface area contributed by atoms with Gasteiger partial charge in [-0.3, -0.25) is 4.79 Å². The summed E-state index contributed by atoms with van der Waals surface area (Å²) in [6.45, 7) is 5.48. The predicted molar refractivity (Wildman–Crippen MR) is 77.3 cm³/mol. The van der Waals surface area contributed by atoms with Crippen molar-refractivity contribution in [2.24, 2.45) is 11.3 Å². The van der Waals surface area contributed by atoms with E-state index < -0.39 is 17.4 Å². The van der Waals surface area contributed by atoms with E-state index in [-0.39, 0.29) is 11.8 Å². The van der Waals surface area contributed by atoms with Gasteiger partial charge in [0.1, 0.15) is 6.04 Å². The van der Waals surface area contributed by atoms with Gasteiger partial charge in [0, 0.05) is 6.54 Å². The SMILES string of the molecule is CSCC[C@@H](NC(=O)C1(C(C)C)CCNC1)C(=O)O. The molecule has 2 atom stereocenters. The van der Waals surface area contributed by atoms with Crippen LogP contribution in [-0.2, 0) is 9.59 Å². The van der Waals surface area contributed by atoms with Gasteiger partial charge in [0.05, 0.1) is 5.41 Å². The summed E-state index contributed by atoms with van der Waals surface area (Å²) in [5.74, 6) is -0.157. The maximum absolute atomic E-state index is 12.5. The Morgan fingerprint density at radius 3 is 2.58 bits per heavy atom. The Morgan fingerprint density at radius 1 is 1.47 bits per heavy atom. The monoisotopic (exact) mass is 288 g/mol. The minimum absolute atomic E-state index is 0.124. The Morgan fingerprint density at radius 2 is 2.16 bits per heavy atom. The van der Waals surface area contributed by atoms with Crippen molar-refractivity contribution >= 4 is 23.6 Å². The van der Waals surface area contributed by atoms with E-state index >= 15 is 0 Å². The van der Waals surface area contributed by atoms with Crippen molar-refractivity contribution in [2.45, 2.75) is 32.7 Å². The van der Waals surface area contributed by atoms with Gasteiger partial charge >= 0.3 is 5.97 Å². The number of amides is 1. The molecule has 0 aliphatic carbocycles. The molecule has 5 nitrogen and oxygen atoms in total. The average molecular weight is 288 g/mol. The quantitative estimate of drug-likeness (QED) is 0.650. The van der Waals surface area contributed by atoms with Crippen LogP contribution in [0, 0.1) is 11.3 Å². The molecule has 0 spiro atoms. The number of nitrogens with one attached hydrogen (secondary N) is 2. The number of carbonyl (C=O) groups is 2. The first-order valence-electron chi connectivity index (χ1n) is 6.67. The highest BCUT2D eigenvalue weighted by Crippen LogP contribution is 2.34. The highest BCUT2D eigenvalue weighted by atomic mass is 32.2. The van der Waals surface area contributed by atoms with Gasteiger partial charge in [0.2, 0.25) is 5.91 Å². The summed E-state index contributed by atoms with van der Waals surface area (Å²) in [7, 11) is 0. The van der Waals surface area contributed by atoms with Crippen molar-refractivity contribution in [3.63, 3.8) is 0 Å². The van der Waals surface area contributed by atoms with Crippen LogP contribution in [0.2, 0.25) is 0 Å². The molecule has 1 rings (SSSR count). The molecule has 110 valence electrons. The highest BCUT2D eigenvalue weighted by Gasteiger charge is 2.44. The summed E-state index contributed by atoms with van der Waals surface area (Å²) < 4.78 is 0. The third kappa shape index (κ3) is 3.86. The van der Waals surface area contributed by atoms with Crippen molar-refractivity contribution in [3.05, 3.63) is 0 Å². The van der Waals surface area contributed by atoms with Crippen LogP contribution in [0.3, 0.4) is 0 Å². The summed E-state index contributed by atoms with van der Waals surface area (Å²) in [5.41, 5.74) is -0.465. The highest BCUT2D eigenvalue weighted by molar-refractivity contribution is 7.98. The first-order chi connectivity index (χ1) is 8.94. The van der Waals surface area contributed by atoms with Crippen LogP contribution in [-0.4, -0.2) is 48.1 Å². The number of thioether (sulfide) groups is 1. The Balaban J connectivity index is 2.72. The Hall–Kier alpha value is -0.750. The molecule has 19 heavy (non-hydrogen) atoms. The Labute approximate surface area is 118 Å². The lowest BCUT2D eigenvalue weighted by Gasteiger charge is -2.32. The topological polar surface area (TPSA) is 78.4 Å². The fraction of sp³-hybridized carbons (Fsp3) is 0.846. The molecule has 1 fully saturated rings. The summed E-state index contributed by atoms with van der Waals surface area (Å²) in [5, 5.41) is 15.1. The molecule has 1 aliphatic rings. The van der Waals surface area contributed by atoms with Crippen LogP contribution in [0.5, 0.6) is 0 Å². The van der Waals surface area contributed by atoms with Gasteiger partial charge in [-0.15, -0.1) is 0 Å². The van der Waals surface area contributed by atoms with Crippen molar-refractivity contribution < 1.29 is 14.7 Å². The van der Waals surface area contributed by atoms with Crippen LogP contribution in [0.1, 0.15) is 26.7 Å². The van der Waals surface area contributed by atoms with Crippen LogP contribution >= 0.6 is 11.8 Å². The minimum atomic E-state index is -0.952. The molecule has 1 saturated heterocycles. The normalized spacial score (nSPS) is 24.4. The van der Waals surface area contributed by atoms with E-state index in [1.807, 2.05) is 20.1 Å². The van der Waals surface area contributed by atoms with Gasteiger partial charge in [-0.05, 0) is 37.3 Å². The molecule has 1 amide bonds. The Bertz CT molecular complexity index is 328. The second-order valence-electron chi connectivity index (χ2n) is 5.38. The molecular weight excluding hydrogens is 264 g/mol. The second-order valence-corrected chi connectivity index (χ2v) is 6.37. The number of rotatable bonds is 7. The van der Waals surface area contributed by atoms with Gasteiger partial charge in [0.15, 0.2) is 0 Å². The zero-order valence-corrected chi connectivity index (χ0v) is 12.7. The van der Waals surface area contributed by atoms with Crippen LogP contribution in [0.15, 0.2) is 0 Å². The minimum Gasteiger partial charge on any atom is -0.480 e. The third-order valence-electron chi connectivity index (χ3n) is 3.96. The average Bonchev–Trinajstić information content (AvgIpc) is 2.84. The first-order valence-corrected chi connectivity index (χ1v) is 8.07. The zero-order valence-electron chi connectivity index (χ0n) is 11.9. The van der Waals surface area contributed by atoms with Crippen molar-refractivity contribution in [1.29, 1.82) is 0 Å². The second kappa shape index (κ2) is 7.14. The summed E-state index contributed by atoms with van der Waals surface area (Å²) in [6.07, 6.45) is 3.16. The fourth-order valence-electron chi connectivity index (χ4n) is 2.46. The maximum Gasteiger partial charge on any atom is 0.326 e. The molecular formula is C13H24N2O3S. The zero-order chi connectivity index (χ0) is 14.5. The van der Waals surface area contributed by atoms with Gasteiger partial charge < -0.3 is 15.7 Å². The standard InChI is InChI=1S/C13H24N2O3S/c1-9(2)13(5-6-14-8-13)12(18)15-10(11(16)17)4-7-19-3/h9-10,14H,4-8H2,1-3H3,(H,15,18)(H,16,17)/t10-,13?/m1/s1. The molecule has 0 aromatic carbocycles. The van der Waals surface area contributed by atoms with E-state index in [4.69, 9.17) is 0 Å². The largest absolute Gasteiger partial charge is 0.480 e. The molecule has 6 heteroatoms. The summed E-state index contributed by atoms with van der Waals surface area (Å²) in [4.78, 5) is 23.7. The first kappa shape index (κ1) is 16.3. The number of hydrogen-bond donors (Lipinski definition) is 3. The van der Waals surface area contributed by atoms with E-state index in [0.717, 1.165) is 18.7 Å². The fourth-order valence-corrected chi connectivity index (χ4v) is 2.93. The molecule has 3 N–H and O–H groups in total. The number of aliphatic carboxylic acids is 1. The molecule has 1 unspecified atom stereocenters. The lowest BCUT2D eigenvalue weighted by atomic mass is 9.75. The molecule has 0 radical (unpaired) electrons. The molecule has 0 saturated carbocycles. The van der Waals surface area contributed by atoms with E-state index in [0.29, 0.717) is 13.0 Å². The predicted octanol–water partition coefficient (Wildman–Crippen LogP) is 0.945. The van der Waals surface area contributed by atoms with Gasteiger partial charge in [-0.25, -0.2) is 4.79 Å². The van der Waals surface area contributed by atoms with Gasteiger partial charge in [-0.2, -0.15) is 11.8 Å². The Kier molecular flexibility index (Phi) is 6.13. The van der Waals surface area contributed by atoms with Crippen molar-refractivity contribution in [2.75, 3.05) is 25.1 Å². The summed E-state index contributed by atoms with van der Waals surface area (Å²) in [6, 6.07) is -0.781. The van der Waals surface area contributed by atoms with E-state index in [9.17, 15) is 14.7 Å². The molecule has 0 bridgehead atoms. The summed E-state index contributed by atoms with van der Waals surface area (Å²) >= 11 is 1.59. The van der Waals surface area contributed by atoms with Crippen molar-refractivity contribution in [1.82, 2.24) is 10.6 Å².